The number of hydrogen-bond acceptors (Lipinski definition) is 2. The van der Waals surface area contributed by atoms with E-state index in [1.165, 1.54) is 24.4 Å². The van der Waals surface area contributed by atoms with Crippen LogP contribution in [0.4, 0.5) is 8.78 Å². The standard InChI is InChI=1S/C14H14F2N2/c1-9-5-6-10(8-12(9)16)13(17-2)14-11(15)4-3-7-18-14/h3-8,13,17H,1-2H3. The van der Waals surface area contributed by atoms with Crippen LogP contribution in [0, 0.1) is 18.6 Å². The van der Waals surface area contributed by atoms with E-state index in [1.54, 1.807) is 26.1 Å². The van der Waals surface area contributed by atoms with Crippen LogP contribution in [-0.4, -0.2) is 12.0 Å². The number of nitrogens with one attached hydrogen (secondary N) is 1. The summed E-state index contributed by atoms with van der Waals surface area (Å²) in [6.07, 6.45) is 1.52. The monoisotopic (exact) mass is 248 g/mol. The largest absolute Gasteiger partial charge is 0.308 e. The number of rotatable bonds is 3. The van der Waals surface area contributed by atoms with Gasteiger partial charge in [-0.1, -0.05) is 12.1 Å². The number of aryl methyl sites for hydroxylation is 1. The molecule has 0 fully saturated rings. The summed E-state index contributed by atoms with van der Waals surface area (Å²) in [5, 5.41) is 2.95. The summed E-state index contributed by atoms with van der Waals surface area (Å²) in [7, 11) is 1.69. The summed E-state index contributed by atoms with van der Waals surface area (Å²) in [5.74, 6) is -0.707. The number of aromatic nitrogens is 1. The molecular formula is C14H14F2N2. The molecule has 0 radical (unpaired) electrons. The molecule has 4 heteroatoms. The van der Waals surface area contributed by atoms with Crippen molar-refractivity contribution in [3.05, 3.63) is 65.0 Å². The second-order valence-corrected chi connectivity index (χ2v) is 4.10. The van der Waals surface area contributed by atoms with E-state index < -0.39 is 11.9 Å². The Hall–Kier alpha value is -1.81. The predicted molar refractivity (Wildman–Crippen MR) is 66.2 cm³/mol. The van der Waals surface area contributed by atoms with E-state index in [2.05, 4.69) is 10.3 Å². The third-order valence-corrected chi connectivity index (χ3v) is 2.88. The van der Waals surface area contributed by atoms with Crippen molar-refractivity contribution in [2.24, 2.45) is 0 Å². The van der Waals surface area contributed by atoms with Crippen molar-refractivity contribution in [2.45, 2.75) is 13.0 Å². The fourth-order valence-corrected chi connectivity index (χ4v) is 1.86. The zero-order chi connectivity index (χ0) is 13.1. The summed E-state index contributed by atoms with van der Waals surface area (Å²) in [5.41, 5.74) is 1.48. The first-order valence-corrected chi connectivity index (χ1v) is 5.67. The minimum Gasteiger partial charge on any atom is -0.308 e. The van der Waals surface area contributed by atoms with E-state index >= 15 is 0 Å². The van der Waals surface area contributed by atoms with Crippen molar-refractivity contribution in [3.63, 3.8) is 0 Å². The molecular weight excluding hydrogens is 234 g/mol. The van der Waals surface area contributed by atoms with E-state index in [9.17, 15) is 8.78 Å². The molecule has 1 unspecified atom stereocenters. The topological polar surface area (TPSA) is 24.9 Å². The zero-order valence-corrected chi connectivity index (χ0v) is 10.2. The van der Waals surface area contributed by atoms with Gasteiger partial charge >= 0.3 is 0 Å². The molecule has 0 aliphatic carbocycles. The Balaban J connectivity index is 2.45. The molecule has 1 atom stereocenters. The van der Waals surface area contributed by atoms with Gasteiger partial charge in [0.2, 0.25) is 0 Å². The zero-order valence-electron chi connectivity index (χ0n) is 10.2. The molecule has 0 bridgehead atoms. The fraction of sp³-hybridized carbons (Fsp3) is 0.214. The second-order valence-electron chi connectivity index (χ2n) is 4.10. The number of benzene rings is 1. The Morgan fingerprint density at radius 1 is 1.17 bits per heavy atom. The molecule has 94 valence electrons. The first kappa shape index (κ1) is 12.6. The third kappa shape index (κ3) is 2.38. The molecule has 1 aromatic heterocycles. The van der Waals surface area contributed by atoms with Gasteiger partial charge < -0.3 is 5.32 Å². The van der Waals surface area contributed by atoms with Crippen LogP contribution in [-0.2, 0) is 0 Å². The van der Waals surface area contributed by atoms with Crippen molar-refractivity contribution in [3.8, 4) is 0 Å². The second kappa shape index (κ2) is 5.23. The maximum Gasteiger partial charge on any atom is 0.146 e. The molecule has 0 spiro atoms. The maximum absolute atomic E-state index is 13.7. The van der Waals surface area contributed by atoms with Crippen molar-refractivity contribution in [1.82, 2.24) is 10.3 Å². The van der Waals surface area contributed by atoms with Gasteiger partial charge in [0, 0.05) is 6.20 Å². The molecule has 0 saturated carbocycles. The number of pyridine rings is 1. The van der Waals surface area contributed by atoms with Crippen LogP contribution in [0.25, 0.3) is 0 Å². The molecule has 2 aromatic rings. The average molecular weight is 248 g/mol. The lowest BCUT2D eigenvalue weighted by molar-refractivity contribution is 0.555. The van der Waals surface area contributed by atoms with Gasteiger partial charge in [-0.25, -0.2) is 8.78 Å². The average Bonchev–Trinajstić information content (AvgIpc) is 2.37. The van der Waals surface area contributed by atoms with Crippen LogP contribution in [0.3, 0.4) is 0 Å². The summed E-state index contributed by atoms with van der Waals surface area (Å²) in [6, 6.07) is 7.27. The van der Waals surface area contributed by atoms with E-state index in [-0.39, 0.29) is 11.5 Å². The quantitative estimate of drug-likeness (QED) is 0.903. The van der Waals surface area contributed by atoms with Gasteiger partial charge in [-0.15, -0.1) is 0 Å². The molecule has 1 aromatic carbocycles. The highest BCUT2D eigenvalue weighted by Crippen LogP contribution is 2.23. The van der Waals surface area contributed by atoms with Crippen LogP contribution in [0.2, 0.25) is 0 Å². The molecule has 2 nitrogen and oxygen atoms in total. The SMILES string of the molecule is CNC(c1ccc(C)c(F)c1)c1ncccc1F. The van der Waals surface area contributed by atoms with Crippen molar-refractivity contribution in [1.29, 1.82) is 0 Å². The van der Waals surface area contributed by atoms with Crippen LogP contribution >= 0.6 is 0 Å². The molecule has 0 aliphatic rings. The van der Waals surface area contributed by atoms with Crippen molar-refractivity contribution >= 4 is 0 Å². The number of hydrogen-bond donors (Lipinski definition) is 1. The highest BCUT2D eigenvalue weighted by Gasteiger charge is 2.18. The van der Waals surface area contributed by atoms with E-state index in [1.807, 2.05) is 0 Å². The number of halogens is 2. The smallest absolute Gasteiger partial charge is 0.146 e. The van der Waals surface area contributed by atoms with Crippen LogP contribution in [0.5, 0.6) is 0 Å². The van der Waals surface area contributed by atoms with Gasteiger partial charge in [0.1, 0.15) is 11.6 Å². The van der Waals surface area contributed by atoms with Gasteiger partial charge in [0.25, 0.3) is 0 Å². The molecule has 2 rings (SSSR count). The van der Waals surface area contributed by atoms with E-state index in [4.69, 9.17) is 0 Å². The molecule has 18 heavy (non-hydrogen) atoms. The third-order valence-electron chi connectivity index (χ3n) is 2.88. The van der Waals surface area contributed by atoms with Gasteiger partial charge in [-0.05, 0) is 43.3 Å². The highest BCUT2D eigenvalue weighted by molar-refractivity contribution is 5.31. The maximum atomic E-state index is 13.7. The lowest BCUT2D eigenvalue weighted by Crippen LogP contribution is -2.20. The molecule has 0 saturated heterocycles. The van der Waals surface area contributed by atoms with Crippen LogP contribution in [0.15, 0.2) is 36.5 Å². The van der Waals surface area contributed by atoms with E-state index in [0.717, 1.165) is 0 Å². The van der Waals surface area contributed by atoms with Gasteiger partial charge in [-0.3, -0.25) is 4.98 Å². The normalized spacial score (nSPS) is 12.4. The van der Waals surface area contributed by atoms with Crippen LogP contribution < -0.4 is 5.32 Å². The summed E-state index contributed by atoms with van der Waals surface area (Å²) in [4.78, 5) is 4.02. The molecule has 1 heterocycles. The van der Waals surface area contributed by atoms with E-state index in [0.29, 0.717) is 11.1 Å². The van der Waals surface area contributed by atoms with Gasteiger partial charge in [0.05, 0.1) is 11.7 Å². The van der Waals surface area contributed by atoms with Gasteiger partial charge in [0.15, 0.2) is 0 Å². The number of nitrogens with zero attached hydrogens (tertiary/aromatic N) is 1. The highest BCUT2D eigenvalue weighted by atomic mass is 19.1. The Morgan fingerprint density at radius 3 is 2.56 bits per heavy atom. The predicted octanol–water partition coefficient (Wildman–Crippen LogP) is 2.98. The summed E-state index contributed by atoms with van der Waals surface area (Å²) >= 11 is 0. The Morgan fingerprint density at radius 2 is 1.94 bits per heavy atom. The fourth-order valence-electron chi connectivity index (χ4n) is 1.86. The summed E-state index contributed by atoms with van der Waals surface area (Å²) in [6.45, 7) is 1.69. The lowest BCUT2D eigenvalue weighted by Gasteiger charge is -2.17. The van der Waals surface area contributed by atoms with Crippen molar-refractivity contribution < 1.29 is 8.78 Å². The van der Waals surface area contributed by atoms with Crippen molar-refractivity contribution in [2.75, 3.05) is 7.05 Å². The minimum atomic E-state index is -0.457. The Labute approximate surface area is 105 Å². The molecule has 1 N–H and O–H groups in total. The first-order valence-electron chi connectivity index (χ1n) is 5.67. The van der Waals surface area contributed by atoms with Crippen LogP contribution in [0.1, 0.15) is 22.9 Å². The Kier molecular flexibility index (Phi) is 3.67. The lowest BCUT2D eigenvalue weighted by atomic mass is 10.0. The molecule has 0 amide bonds. The van der Waals surface area contributed by atoms with Gasteiger partial charge in [-0.2, -0.15) is 0 Å². The minimum absolute atomic E-state index is 0.267. The Bertz CT molecular complexity index is 555. The first-order chi connectivity index (χ1) is 8.63. The summed E-state index contributed by atoms with van der Waals surface area (Å²) < 4.78 is 27.2. The molecule has 0 aliphatic heterocycles.